The van der Waals surface area contributed by atoms with E-state index in [1.165, 1.54) is 6.07 Å². The van der Waals surface area contributed by atoms with Gasteiger partial charge in [-0.1, -0.05) is 83.5 Å². The third-order valence-corrected chi connectivity index (χ3v) is 6.22. The molecule has 0 N–H and O–H groups in total. The number of hydrogen-bond donors (Lipinski definition) is 0. The molecule has 0 aliphatic rings. The van der Waals surface area contributed by atoms with E-state index in [0.29, 0.717) is 24.5 Å². The number of benzene rings is 4. The minimum atomic E-state index is -0.312. The van der Waals surface area contributed by atoms with Gasteiger partial charge in [-0.25, -0.2) is 4.39 Å². The molecule has 2 nitrogen and oxygen atoms in total. The lowest BCUT2D eigenvalue weighted by atomic mass is 9.98. The SMILES string of the molecule is CCc1cc(-c2cc(C)c(OCc3ccccc3)cc2Br)c(F)cc1OCc1ccccc1. The van der Waals surface area contributed by atoms with E-state index >= 15 is 4.39 Å². The summed E-state index contributed by atoms with van der Waals surface area (Å²) in [6.45, 7) is 4.91. The van der Waals surface area contributed by atoms with Gasteiger partial charge in [-0.05, 0) is 59.4 Å². The maximum atomic E-state index is 15.2. The van der Waals surface area contributed by atoms with E-state index in [4.69, 9.17) is 9.47 Å². The van der Waals surface area contributed by atoms with E-state index in [9.17, 15) is 0 Å². The molecular formula is C29H26BrFO2. The molecule has 0 saturated carbocycles. The van der Waals surface area contributed by atoms with Crippen molar-refractivity contribution in [1.82, 2.24) is 0 Å². The van der Waals surface area contributed by atoms with Crippen molar-refractivity contribution in [3.63, 3.8) is 0 Å². The number of ether oxygens (including phenoxy) is 2. The average Bonchev–Trinajstić information content (AvgIpc) is 2.84. The highest BCUT2D eigenvalue weighted by Crippen LogP contribution is 2.38. The molecule has 4 heteroatoms. The Labute approximate surface area is 203 Å². The van der Waals surface area contributed by atoms with Crippen LogP contribution in [0.25, 0.3) is 11.1 Å². The van der Waals surface area contributed by atoms with Crippen molar-refractivity contribution in [2.24, 2.45) is 0 Å². The lowest BCUT2D eigenvalue weighted by molar-refractivity contribution is 0.301. The zero-order chi connectivity index (χ0) is 23.2. The van der Waals surface area contributed by atoms with Gasteiger partial charge in [0.15, 0.2) is 0 Å². The Morgan fingerprint density at radius 2 is 1.30 bits per heavy atom. The smallest absolute Gasteiger partial charge is 0.134 e. The number of rotatable bonds is 8. The van der Waals surface area contributed by atoms with E-state index in [1.54, 1.807) is 0 Å². The Kier molecular flexibility index (Phi) is 7.46. The molecule has 0 radical (unpaired) electrons. The highest BCUT2D eigenvalue weighted by Gasteiger charge is 2.16. The maximum absolute atomic E-state index is 15.2. The Morgan fingerprint density at radius 1 is 0.727 bits per heavy atom. The lowest BCUT2D eigenvalue weighted by Gasteiger charge is -2.16. The molecule has 168 valence electrons. The van der Waals surface area contributed by atoms with Crippen molar-refractivity contribution >= 4 is 15.9 Å². The third-order valence-electron chi connectivity index (χ3n) is 5.56. The Morgan fingerprint density at radius 3 is 1.88 bits per heavy atom. The second-order valence-corrected chi connectivity index (χ2v) is 8.79. The first-order valence-electron chi connectivity index (χ1n) is 11.0. The van der Waals surface area contributed by atoms with Gasteiger partial charge in [0.25, 0.3) is 0 Å². The fourth-order valence-corrected chi connectivity index (χ4v) is 4.25. The summed E-state index contributed by atoms with van der Waals surface area (Å²) < 4.78 is 28.0. The van der Waals surface area contributed by atoms with Crippen LogP contribution in [-0.2, 0) is 19.6 Å². The minimum absolute atomic E-state index is 0.312. The first-order chi connectivity index (χ1) is 16.0. The molecule has 33 heavy (non-hydrogen) atoms. The first-order valence-corrected chi connectivity index (χ1v) is 11.8. The molecular weight excluding hydrogens is 479 g/mol. The molecule has 0 amide bonds. The van der Waals surface area contributed by atoms with E-state index in [1.807, 2.05) is 92.7 Å². The predicted octanol–water partition coefficient (Wildman–Crippen LogP) is 8.28. The van der Waals surface area contributed by atoms with Gasteiger partial charge < -0.3 is 9.47 Å². The van der Waals surface area contributed by atoms with Crippen LogP contribution in [0.4, 0.5) is 4.39 Å². The molecule has 0 aromatic heterocycles. The molecule has 0 aliphatic heterocycles. The van der Waals surface area contributed by atoms with Crippen LogP contribution in [0.5, 0.6) is 11.5 Å². The largest absolute Gasteiger partial charge is 0.489 e. The van der Waals surface area contributed by atoms with E-state index in [-0.39, 0.29) is 5.82 Å². The molecule has 0 unspecified atom stereocenters. The van der Waals surface area contributed by atoms with Crippen molar-refractivity contribution in [3.05, 3.63) is 117 Å². The molecule has 4 aromatic rings. The topological polar surface area (TPSA) is 18.5 Å². The molecule has 4 aromatic carbocycles. The van der Waals surface area contributed by atoms with Gasteiger partial charge in [0.05, 0.1) is 0 Å². The highest BCUT2D eigenvalue weighted by molar-refractivity contribution is 9.10. The van der Waals surface area contributed by atoms with Gasteiger partial charge >= 0.3 is 0 Å². The number of halogens is 2. The fraction of sp³-hybridized carbons (Fsp3) is 0.172. The summed E-state index contributed by atoms with van der Waals surface area (Å²) in [5.41, 5.74) is 5.41. The number of hydrogen-bond acceptors (Lipinski definition) is 2. The number of aryl methyl sites for hydroxylation is 2. The Hall–Kier alpha value is -3.11. The van der Waals surface area contributed by atoms with Gasteiger partial charge in [0.2, 0.25) is 0 Å². The van der Waals surface area contributed by atoms with Crippen molar-refractivity contribution in [1.29, 1.82) is 0 Å². The second-order valence-electron chi connectivity index (χ2n) is 7.94. The van der Waals surface area contributed by atoms with Crippen LogP contribution in [-0.4, -0.2) is 0 Å². The Bertz CT molecular complexity index is 1220. The van der Waals surface area contributed by atoms with Crippen LogP contribution in [0.2, 0.25) is 0 Å². The Balaban J connectivity index is 1.58. The van der Waals surface area contributed by atoms with Crippen LogP contribution < -0.4 is 9.47 Å². The molecule has 0 bridgehead atoms. The first kappa shape index (κ1) is 23.1. The van der Waals surface area contributed by atoms with E-state index in [2.05, 4.69) is 15.9 Å². The standard InChI is InChI=1S/C29H26BrFO2/c1-3-23-15-25(27(31)17-29(23)33-19-22-12-8-5-9-13-22)24-14-20(2)28(16-26(24)30)32-18-21-10-6-4-7-11-21/h4-17H,3,18-19H2,1-2H3. The quantitative estimate of drug-likeness (QED) is 0.240. The molecule has 0 aliphatic carbocycles. The van der Waals surface area contributed by atoms with Crippen LogP contribution >= 0.6 is 15.9 Å². The van der Waals surface area contributed by atoms with E-state index < -0.39 is 0 Å². The highest BCUT2D eigenvalue weighted by atomic mass is 79.9. The maximum Gasteiger partial charge on any atom is 0.134 e. The molecule has 4 rings (SSSR count). The van der Waals surface area contributed by atoms with E-state index in [0.717, 1.165) is 44.5 Å². The molecule has 0 heterocycles. The molecule has 0 atom stereocenters. The van der Waals surface area contributed by atoms with Crippen molar-refractivity contribution < 1.29 is 13.9 Å². The minimum Gasteiger partial charge on any atom is -0.489 e. The average molecular weight is 505 g/mol. The summed E-state index contributed by atoms with van der Waals surface area (Å²) in [6.07, 6.45) is 0.742. The molecule has 0 fully saturated rings. The van der Waals surface area contributed by atoms with Crippen molar-refractivity contribution in [3.8, 4) is 22.6 Å². The van der Waals surface area contributed by atoms with Gasteiger partial charge in [-0.15, -0.1) is 0 Å². The molecule has 0 saturated heterocycles. The van der Waals surface area contributed by atoms with Gasteiger partial charge in [0, 0.05) is 16.1 Å². The zero-order valence-corrected chi connectivity index (χ0v) is 20.4. The van der Waals surface area contributed by atoms with Gasteiger partial charge in [-0.2, -0.15) is 0 Å². The van der Waals surface area contributed by atoms with Crippen LogP contribution in [0, 0.1) is 12.7 Å². The predicted molar refractivity (Wildman–Crippen MR) is 135 cm³/mol. The summed E-state index contributed by atoms with van der Waals surface area (Å²) in [5.74, 6) is 1.04. The van der Waals surface area contributed by atoms with Crippen LogP contribution in [0.15, 0.2) is 89.4 Å². The van der Waals surface area contributed by atoms with Crippen LogP contribution in [0.3, 0.4) is 0 Å². The van der Waals surface area contributed by atoms with Crippen molar-refractivity contribution in [2.45, 2.75) is 33.5 Å². The normalized spacial score (nSPS) is 10.8. The zero-order valence-electron chi connectivity index (χ0n) is 18.8. The summed E-state index contributed by atoms with van der Waals surface area (Å²) in [7, 11) is 0. The van der Waals surface area contributed by atoms with Crippen LogP contribution in [0.1, 0.15) is 29.2 Å². The third kappa shape index (κ3) is 5.63. The summed E-state index contributed by atoms with van der Waals surface area (Å²) in [6, 6.07) is 27.2. The van der Waals surface area contributed by atoms with Crippen molar-refractivity contribution in [2.75, 3.05) is 0 Å². The fourth-order valence-electron chi connectivity index (χ4n) is 3.71. The summed E-state index contributed by atoms with van der Waals surface area (Å²) in [4.78, 5) is 0. The van der Waals surface area contributed by atoms with Gasteiger partial charge in [0.1, 0.15) is 30.5 Å². The van der Waals surface area contributed by atoms with Gasteiger partial charge in [-0.3, -0.25) is 0 Å². The lowest BCUT2D eigenvalue weighted by Crippen LogP contribution is -2.01. The summed E-state index contributed by atoms with van der Waals surface area (Å²) in [5, 5.41) is 0. The molecule has 0 spiro atoms. The summed E-state index contributed by atoms with van der Waals surface area (Å²) >= 11 is 3.63. The second kappa shape index (κ2) is 10.7. The monoisotopic (exact) mass is 504 g/mol.